The largest absolute Gasteiger partial charge is 0.381 e. The number of hydrogen-bond acceptors (Lipinski definition) is 2. The van der Waals surface area contributed by atoms with Gasteiger partial charge in [0, 0.05) is 18.7 Å². The molecule has 21 heavy (non-hydrogen) atoms. The Bertz CT molecular complexity index is 516. The number of amides is 1. The Morgan fingerprint density at radius 1 is 1.29 bits per heavy atom. The molecule has 1 aliphatic rings. The molecule has 1 aromatic carbocycles. The summed E-state index contributed by atoms with van der Waals surface area (Å²) in [6.07, 6.45) is 2.18. The van der Waals surface area contributed by atoms with Gasteiger partial charge in [0.25, 0.3) is 5.91 Å². The first-order valence-electron chi connectivity index (χ1n) is 7.41. The van der Waals surface area contributed by atoms with Gasteiger partial charge in [-0.05, 0) is 43.2 Å². The molecule has 0 unspecified atom stereocenters. The first kappa shape index (κ1) is 15.7. The van der Waals surface area contributed by atoms with Gasteiger partial charge in [-0.25, -0.2) is 8.78 Å². The third-order valence-electron chi connectivity index (χ3n) is 4.38. The molecular weight excluding hydrogens is 274 g/mol. The fraction of sp³-hybridized carbons (Fsp3) is 0.562. The van der Waals surface area contributed by atoms with Gasteiger partial charge in [-0.3, -0.25) is 4.79 Å². The van der Waals surface area contributed by atoms with Crippen LogP contribution in [0.2, 0.25) is 0 Å². The number of carbonyl (C=O) groups excluding carboxylic acids is 1. The highest BCUT2D eigenvalue weighted by atomic mass is 19.1. The number of benzene rings is 1. The number of rotatable bonds is 6. The molecule has 116 valence electrons. The van der Waals surface area contributed by atoms with Crippen molar-refractivity contribution < 1.29 is 13.6 Å². The van der Waals surface area contributed by atoms with Crippen LogP contribution in [0, 0.1) is 23.0 Å². The highest BCUT2D eigenvalue weighted by molar-refractivity contribution is 5.94. The van der Waals surface area contributed by atoms with Crippen molar-refractivity contribution in [3.8, 4) is 0 Å². The zero-order valence-electron chi connectivity index (χ0n) is 12.7. The second-order valence-electron chi connectivity index (χ2n) is 6.04. The van der Waals surface area contributed by atoms with E-state index in [0.29, 0.717) is 19.0 Å². The average molecular weight is 296 g/mol. The summed E-state index contributed by atoms with van der Waals surface area (Å²) < 4.78 is 27.6. The van der Waals surface area contributed by atoms with Crippen LogP contribution < -0.4 is 10.6 Å². The van der Waals surface area contributed by atoms with Crippen molar-refractivity contribution in [3.05, 3.63) is 29.3 Å². The van der Waals surface area contributed by atoms with E-state index < -0.39 is 17.5 Å². The van der Waals surface area contributed by atoms with Gasteiger partial charge in [0.05, 0.1) is 0 Å². The minimum absolute atomic E-state index is 0.0196. The van der Waals surface area contributed by atoms with Crippen molar-refractivity contribution >= 4 is 11.6 Å². The second kappa shape index (κ2) is 6.00. The summed E-state index contributed by atoms with van der Waals surface area (Å²) in [5.41, 5.74) is -0.00249. The third kappa shape index (κ3) is 3.34. The summed E-state index contributed by atoms with van der Waals surface area (Å²) in [7, 11) is 0. The van der Waals surface area contributed by atoms with Gasteiger partial charge in [-0.2, -0.15) is 0 Å². The molecule has 1 aliphatic carbocycles. The molecule has 2 N–H and O–H groups in total. The topological polar surface area (TPSA) is 41.1 Å². The Kier molecular flexibility index (Phi) is 4.49. The first-order chi connectivity index (χ1) is 9.89. The Morgan fingerprint density at radius 3 is 2.29 bits per heavy atom. The minimum Gasteiger partial charge on any atom is -0.381 e. The Morgan fingerprint density at radius 2 is 1.86 bits per heavy atom. The van der Waals surface area contributed by atoms with Crippen molar-refractivity contribution in [1.29, 1.82) is 0 Å². The fourth-order valence-electron chi connectivity index (χ4n) is 2.53. The lowest BCUT2D eigenvalue weighted by atomic mass is 9.92. The number of carbonyl (C=O) groups is 1. The molecule has 0 saturated heterocycles. The molecule has 1 aromatic rings. The summed E-state index contributed by atoms with van der Waals surface area (Å²) in [6, 6.07) is 2.15. The summed E-state index contributed by atoms with van der Waals surface area (Å²) >= 11 is 0. The van der Waals surface area contributed by atoms with Gasteiger partial charge < -0.3 is 10.6 Å². The maximum atomic E-state index is 13.8. The van der Waals surface area contributed by atoms with Crippen LogP contribution in [0.15, 0.2) is 12.1 Å². The van der Waals surface area contributed by atoms with Gasteiger partial charge in [0.1, 0.15) is 17.3 Å². The van der Waals surface area contributed by atoms with Gasteiger partial charge in [-0.15, -0.1) is 0 Å². The minimum atomic E-state index is -0.744. The third-order valence-corrected chi connectivity index (χ3v) is 4.38. The van der Waals surface area contributed by atoms with E-state index in [9.17, 15) is 13.6 Å². The molecule has 5 heteroatoms. The quantitative estimate of drug-likeness (QED) is 0.842. The van der Waals surface area contributed by atoms with Crippen molar-refractivity contribution in [2.45, 2.75) is 33.6 Å². The molecule has 0 spiro atoms. The molecule has 1 saturated carbocycles. The van der Waals surface area contributed by atoms with E-state index in [-0.39, 0.29) is 16.7 Å². The molecule has 1 fully saturated rings. The van der Waals surface area contributed by atoms with Crippen LogP contribution in [0.4, 0.5) is 14.5 Å². The van der Waals surface area contributed by atoms with Gasteiger partial charge in [0.15, 0.2) is 0 Å². The van der Waals surface area contributed by atoms with Crippen LogP contribution >= 0.6 is 0 Å². The molecular formula is C16H22F2N2O. The van der Waals surface area contributed by atoms with Crippen LogP contribution in [0.5, 0.6) is 0 Å². The maximum Gasteiger partial charge on any atom is 0.251 e. The van der Waals surface area contributed by atoms with E-state index >= 15 is 0 Å². The molecule has 0 bridgehead atoms. The van der Waals surface area contributed by atoms with Crippen LogP contribution in [0.25, 0.3) is 0 Å². The van der Waals surface area contributed by atoms with Crippen molar-refractivity contribution in [2.75, 3.05) is 18.4 Å². The van der Waals surface area contributed by atoms with Crippen LogP contribution in [0.1, 0.15) is 44.0 Å². The van der Waals surface area contributed by atoms with Crippen LogP contribution in [-0.4, -0.2) is 19.0 Å². The molecule has 1 amide bonds. The number of halogens is 2. The number of hydrogen-bond donors (Lipinski definition) is 2. The Hall–Kier alpha value is -1.65. The summed E-state index contributed by atoms with van der Waals surface area (Å²) in [6.45, 7) is 6.98. The maximum absolute atomic E-state index is 13.8. The Balaban J connectivity index is 2.06. The zero-order chi connectivity index (χ0) is 15.6. The van der Waals surface area contributed by atoms with Gasteiger partial charge >= 0.3 is 0 Å². The predicted molar refractivity (Wildman–Crippen MR) is 79.4 cm³/mol. The SMILES string of the molecule is CCNc1c(F)cc(C(=O)NCC2(C(C)C)CC2)cc1F. The molecule has 0 atom stereocenters. The monoisotopic (exact) mass is 296 g/mol. The fourth-order valence-corrected chi connectivity index (χ4v) is 2.53. The van der Waals surface area contributed by atoms with E-state index in [1.807, 2.05) is 0 Å². The lowest BCUT2D eigenvalue weighted by Crippen LogP contribution is -2.32. The van der Waals surface area contributed by atoms with E-state index in [4.69, 9.17) is 0 Å². The van der Waals surface area contributed by atoms with E-state index in [1.165, 1.54) is 0 Å². The smallest absolute Gasteiger partial charge is 0.251 e. The molecule has 0 aliphatic heterocycles. The highest BCUT2D eigenvalue weighted by Gasteiger charge is 2.45. The normalized spacial score (nSPS) is 15.9. The number of nitrogens with one attached hydrogen (secondary N) is 2. The summed E-state index contributed by atoms with van der Waals surface area (Å²) in [4.78, 5) is 12.1. The van der Waals surface area contributed by atoms with Crippen molar-refractivity contribution in [2.24, 2.45) is 11.3 Å². The molecule has 0 radical (unpaired) electrons. The predicted octanol–water partition coefficient (Wildman–Crippen LogP) is 3.56. The standard InChI is InChI=1S/C16H22F2N2O/c1-4-19-14-12(17)7-11(8-13(14)18)15(21)20-9-16(5-6-16)10(2)3/h7-8,10,19H,4-6,9H2,1-3H3,(H,20,21). The van der Waals surface area contributed by atoms with Gasteiger partial charge in [-0.1, -0.05) is 13.8 Å². The molecule has 3 nitrogen and oxygen atoms in total. The summed E-state index contributed by atoms with van der Waals surface area (Å²) in [5.74, 6) is -1.43. The number of anilines is 1. The average Bonchev–Trinajstić information content (AvgIpc) is 3.21. The molecule has 0 heterocycles. The van der Waals surface area contributed by atoms with E-state index in [2.05, 4.69) is 24.5 Å². The van der Waals surface area contributed by atoms with E-state index in [1.54, 1.807) is 6.92 Å². The zero-order valence-corrected chi connectivity index (χ0v) is 12.7. The molecule has 0 aromatic heterocycles. The van der Waals surface area contributed by atoms with Crippen molar-refractivity contribution in [1.82, 2.24) is 5.32 Å². The first-order valence-corrected chi connectivity index (χ1v) is 7.41. The van der Waals surface area contributed by atoms with Crippen LogP contribution in [-0.2, 0) is 0 Å². The molecule has 2 rings (SSSR count). The van der Waals surface area contributed by atoms with Gasteiger partial charge in [0.2, 0.25) is 0 Å². The lowest BCUT2D eigenvalue weighted by molar-refractivity contribution is 0.0939. The van der Waals surface area contributed by atoms with Crippen LogP contribution in [0.3, 0.4) is 0 Å². The summed E-state index contributed by atoms with van der Waals surface area (Å²) in [5, 5.41) is 5.41. The van der Waals surface area contributed by atoms with Crippen molar-refractivity contribution in [3.63, 3.8) is 0 Å². The highest BCUT2D eigenvalue weighted by Crippen LogP contribution is 2.51. The second-order valence-corrected chi connectivity index (χ2v) is 6.04. The Labute approximate surface area is 124 Å². The lowest BCUT2D eigenvalue weighted by Gasteiger charge is -2.20. The van der Waals surface area contributed by atoms with E-state index in [0.717, 1.165) is 25.0 Å².